The van der Waals surface area contributed by atoms with Crippen LogP contribution >= 0.6 is 0 Å². The smallest absolute Gasteiger partial charge is 0.276 e. The Labute approximate surface area is 131 Å². The molecule has 22 heavy (non-hydrogen) atoms. The maximum absolute atomic E-state index is 12.6. The minimum atomic E-state index is 0.0172. The van der Waals surface area contributed by atoms with Crippen molar-refractivity contribution in [2.45, 2.75) is 38.8 Å². The van der Waals surface area contributed by atoms with Crippen molar-refractivity contribution >= 4 is 5.91 Å². The lowest BCUT2D eigenvalue weighted by molar-refractivity contribution is 0.0590. The Bertz CT molecular complexity index is 500. The molecule has 0 spiro atoms. The van der Waals surface area contributed by atoms with E-state index in [1.807, 2.05) is 15.8 Å². The van der Waals surface area contributed by atoms with Crippen LogP contribution in [0.3, 0.4) is 0 Å². The average molecular weight is 306 g/mol. The highest BCUT2D eigenvalue weighted by molar-refractivity contribution is 5.92. The summed E-state index contributed by atoms with van der Waals surface area (Å²) < 4.78 is 1.87. The normalized spacial score (nSPS) is 21.5. The second-order valence-electron chi connectivity index (χ2n) is 6.49. The first-order valence-electron chi connectivity index (χ1n) is 8.31. The quantitative estimate of drug-likeness (QED) is 0.874. The van der Waals surface area contributed by atoms with Crippen molar-refractivity contribution in [3.63, 3.8) is 0 Å². The van der Waals surface area contributed by atoms with E-state index >= 15 is 0 Å². The van der Waals surface area contributed by atoms with E-state index in [0.29, 0.717) is 17.8 Å². The van der Waals surface area contributed by atoms with E-state index in [1.165, 1.54) is 0 Å². The minimum absolute atomic E-state index is 0.0172. The van der Waals surface area contributed by atoms with Crippen LogP contribution in [0.2, 0.25) is 0 Å². The highest BCUT2D eigenvalue weighted by Gasteiger charge is 2.26. The van der Waals surface area contributed by atoms with Gasteiger partial charge in [0.25, 0.3) is 5.91 Å². The fraction of sp³-hybridized carbons (Fsp3) is 0.800. The van der Waals surface area contributed by atoms with Crippen molar-refractivity contribution in [3.05, 3.63) is 11.9 Å². The number of hydrogen-bond acceptors (Lipinski definition) is 5. The predicted octanol–water partition coefficient (Wildman–Crippen LogP) is 0.369. The summed E-state index contributed by atoms with van der Waals surface area (Å²) in [6.07, 6.45) is 3.92. The number of piperazine rings is 1. The Morgan fingerprint density at radius 2 is 1.91 bits per heavy atom. The molecule has 7 nitrogen and oxygen atoms in total. The van der Waals surface area contributed by atoms with Crippen LogP contribution in [0.4, 0.5) is 0 Å². The zero-order valence-corrected chi connectivity index (χ0v) is 13.5. The molecular weight excluding hydrogens is 280 g/mol. The van der Waals surface area contributed by atoms with E-state index in [0.717, 1.165) is 52.1 Å². The lowest BCUT2D eigenvalue weighted by Gasteiger charge is -2.36. The fourth-order valence-electron chi connectivity index (χ4n) is 3.23. The Balaban J connectivity index is 1.60. The molecule has 7 heteroatoms. The van der Waals surface area contributed by atoms with E-state index in [-0.39, 0.29) is 5.91 Å². The van der Waals surface area contributed by atoms with Gasteiger partial charge in [0.2, 0.25) is 0 Å². The molecule has 3 heterocycles. The zero-order chi connectivity index (χ0) is 15.5. The summed E-state index contributed by atoms with van der Waals surface area (Å²) in [5.74, 6) is 0.0172. The molecule has 0 unspecified atom stereocenters. The van der Waals surface area contributed by atoms with Gasteiger partial charge in [0, 0.05) is 32.2 Å². The van der Waals surface area contributed by atoms with Gasteiger partial charge < -0.3 is 10.2 Å². The molecule has 0 atom stereocenters. The highest BCUT2D eigenvalue weighted by Crippen LogP contribution is 2.17. The number of hydrogen-bond donors (Lipinski definition) is 1. The summed E-state index contributed by atoms with van der Waals surface area (Å²) in [4.78, 5) is 16.8. The molecule has 2 aliphatic rings. The number of nitrogens with one attached hydrogen (secondary N) is 1. The molecule has 0 aromatic carbocycles. The van der Waals surface area contributed by atoms with Crippen LogP contribution in [0.25, 0.3) is 0 Å². The van der Waals surface area contributed by atoms with Gasteiger partial charge >= 0.3 is 0 Å². The molecule has 2 aliphatic heterocycles. The molecule has 0 aliphatic carbocycles. The summed E-state index contributed by atoms with van der Waals surface area (Å²) in [7, 11) is 0. The van der Waals surface area contributed by atoms with Crippen molar-refractivity contribution in [2.24, 2.45) is 0 Å². The maximum atomic E-state index is 12.6. The van der Waals surface area contributed by atoms with Gasteiger partial charge in [0.1, 0.15) is 0 Å². The summed E-state index contributed by atoms with van der Waals surface area (Å²) in [6.45, 7) is 9.83. The number of aromatic nitrogens is 3. The second kappa shape index (κ2) is 6.75. The third-order valence-corrected chi connectivity index (χ3v) is 4.74. The molecule has 2 fully saturated rings. The van der Waals surface area contributed by atoms with Gasteiger partial charge in [-0.05, 0) is 39.8 Å². The van der Waals surface area contributed by atoms with E-state index in [9.17, 15) is 4.79 Å². The Morgan fingerprint density at radius 3 is 2.55 bits per heavy atom. The molecule has 1 N–H and O–H groups in total. The summed E-state index contributed by atoms with van der Waals surface area (Å²) in [5.41, 5.74) is 0.483. The largest absolute Gasteiger partial charge is 0.335 e. The maximum Gasteiger partial charge on any atom is 0.276 e. The van der Waals surface area contributed by atoms with Crippen LogP contribution < -0.4 is 5.32 Å². The summed E-state index contributed by atoms with van der Waals surface area (Å²) in [6, 6.07) is 0.908. The molecule has 1 aromatic rings. The Morgan fingerprint density at radius 1 is 1.23 bits per heavy atom. The molecule has 3 rings (SSSR count). The van der Waals surface area contributed by atoms with E-state index in [4.69, 9.17) is 0 Å². The average Bonchev–Trinajstić information content (AvgIpc) is 3.05. The molecule has 1 aromatic heterocycles. The van der Waals surface area contributed by atoms with Gasteiger partial charge in [-0.15, -0.1) is 5.10 Å². The van der Waals surface area contributed by atoms with Crippen molar-refractivity contribution in [1.29, 1.82) is 0 Å². The number of rotatable bonds is 3. The Hall–Kier alpha value is -1.47. The van der Waals surface area contributed by atoms with Crippen LogP contribution in [0.15, 0.2) is 6.20 Å². The molecule has 122 valence electrons. The Kier molecular flexibility index (Phi) is 4.73. The van der Waals surface area contributed by atoms with Gasteiger partial charge in [-0.3, -0.25) is 9.69 Å². The fourth-order valence-corrected chi connectivity index (χ4v) is 3.23. The summed E-state index contributed by atoms with van der Waals surface area (Å²) in [5, 5.41) is 11.6. The van der Waals surface area contributed by atoms with Gasteiger partial charge in [-0.25, -0.2) is 4.68 Å². The lowest BCUT2D eigenvalue weighted by Crippen LogP contribution is -2.50. The highest BCUT2D eigenvalue weighted by atomic mass is 16.2. The molecule has 1 amide bonds. The molecular formula is C15H26N6O. The van der Waals surface area contributed by atoms with Gasteiger partial charge in [0.15, 0.2) is 5.69 Å². The number of piperidine rings is 1. The SMILES string of the molecule is CC(C)N1CCN(C(=O)c2cn(C3CCNCC3)nn2)CC1. The van der Waals surface area contributed by atoms with Crippen molar-refractivity contribution < 1.29 is 4.79 Å². The standard InChI is InChI=1S/C15H26N6O/c1-12(2)19-7-9-20(10-8-19)15(22)14-11-21(18-17-14)13-3-5-16-6-4-13/h11-13,16H,3-10H2,1-2H3. The van der Waals surface area contributed by atoms with Gasteiger partial charge in [0.05, 0.1) is 12.2 Å². The van der Waals surface area contributed by atoms with Gasteiger partial charge in [-0.1, -0.05) is 5.21 Å². The minimum Gasteiger partial charge on any atom is -0.335 e. The van der Waals surface area contributed by atoms with Crippen molar-refractivity contribution in [3.8, 4) is 0 Å². The lowest BCUT2D eigenvalue weighted by atomic mass is 10.1. The van der Waals surface area contributed by atoms with E-state index in [1.54, 1.807) is 0 Å². The number of amides is 1. The van der Waals surface area contributed by atoms with Crippen molar-refractivity contribution in [1.82, 2.24) is 30.1 Å². The molecule has 0 saturated carbocycles. The van der Waals surface area contributed by atoms with Crippen molar-refractivity contribution in [2.75, 3.05) is 39.3 Å². The van der Waals surface area contributed by atoms with Crippen LogP contribution in [0.5, 0.6) is 0 Å². The molecule has 0 bridgehead atoms. The number of carbonyl (C=O) groups is 1. The second-order valence-corrected chi connectivity index (χ2v) is 6.49. The van der Waals surface area contributed by atoms with E-state index < -0.39 is 0 Å². The first-order valence-corrected chi connectivity index (χ1v) is 8.31. The van der Waals surface area contributed by atoms with Crippen LogP contribution in [-0.2, 0) is 0 Å². The van der Waals surface area contributed by atoms with E-state index in [2.05, 4.69) is 34.4 Å². The monoisotopic (exact) mass is 306 g/mol. The third-order valence-electron chi connectivity index (χ3n) is 4.74. The van der Waals surface area contributed by atoms with Gasteiger partial charge in [-0.2, -0.15) is 0 Å². The summed E-state index contributed by atoms with van der Waals surface area (Å²) >= 11 is 0. The zero-order valence-electron chi connectivity index (χ0n) is 13.5. The molecule has 0 radical (unpaired) electrons. The number of carbonyl (C=O) groups excluding carboxylic acids is 1. The van der Waals surface area contributed by atoms with Crippen LogP contribution in [0.1, 0.15) is 43.2 Å². The van der Waals surface area contributed by atoms with Crippen LogP contribution in [-0.4, -0.2) is 76.0 Å². The first kappa shape index (κ1) is 15.4. The third kappa shape index (κ3) is 3.30. The first-order chi connectivity index (χ1) is 10.6. The topological polar surface area (TPSA) is 66.3 Å². The molecule has 2 saturated heterocycles. The number of nitrogens with zero attached hydrogens (tertiary/aromatic N) is 5. The van der Waals surface area contributed by atoms with Crippen LogP contribution in [0, 0.1) is 0 Å². The predicted molar refractivity (Wildman–Crippen MR) is 83.8 cm³/mol.